The fourth-order valence-electron chi connectivity index (χ4n) is 2.39. The summed E-state index contributed by atoms with van der Waals surface area (Å²) in [7, 11) is 0. The van der Waals surface area contributed by atoms with E-state index < -0.39 is 11.9 Å². The molecular weight excluding hydrogens is 232 g/mol. The summed E-state index contributed by atoms with van der Waals surface area (Å²) in [5.74, 6) is -1.78. The molecule has 0 amide bonds. The molecule has 4 heteroatoms. The van der Waals surface area contributed by atoms with Gasteiger partial charge in [-0.05, 0) is 18.8 Å². The quantitative estimate of drug-likeness (QED) is 0.618. The van der Waals surface area contributed by atoms with Gasteiger partial charge in [-0.15, -0.1) is 0 Å². The van der Waals surface area contributed by atoms with Crippen molar-refractivity contribution >= 4 is 17.5 Å². The van der Waals surface area contributed by atoms with Gasteiger partial charge in [0.1, 0.15) is 0 Å². The molecular formula is C14H20O4. The molecule has 1 saturated carbocycles. The SMILES string of the molecule is CC(C[C@@H](C)C(=O)O)=C1C(=O)CC(C)(C)CC1=O. The molecule has 1 rings (SSSR count). The third-order valence-electron chi connectivity index (χ3n) is 3.30. The van der Waals surface area contributed by atoms with Crippen LogP contribution < -0.4 is 0 Å². The second kappa shape index (κ2) is 5.04. The van der Waals surface area contributed by atoms with Crippen LogP contribution in [-0.4, -0.2) is 22.6 Å². The first-order valence-electron chi connectivity index (χ1n) is 6.13. The molecule has 1 atom stereocenters. The van der Waals surface area contributed by atoms with Crippen molar-refractivity contribution in [3.8, 4) is 0 Å². The van der Waals surface area contributed by atoms with E-state index in [1.807, 2.05) is 13.8 Å². The van der Waals surface area contributed by atoms with Crippen molar-refractivity contribution < 1.29 is 19.5 Å². The fraction of sp³-hybridized carbons (Fsp3) is 0.643. The first-order valence-corrected chi connectivity index (χ1v) is 6.13. The smallest absolute Gasteiger partial charge is 0.306 e. The van der Waals surface area contributed by atoms with Crippen molar-refractivity contribution in [1.82, 2.24) is 0 Å². The number of ketones is 2. The van der Waals surface area contributed by atoms with Gasteiger partial charge in [-0.25, -0.2) is 0 Å². The topological polar surface area (TPSA) is 71.4 Å². The van der Waals surface area contributed by atoms with E-state index >= 15 is 0 Å². The Morgan fingerprint density at radius 2 is 1.72 bits per heavy atom. The van der Waals surface area contributed by atoms with Gasteiger partial charge >= 0.3 is 5.97 Å². The summed E-state index contributed by atoms with van der Waals surface area (Å²) in [5.41, 5.74) is 0.564. The Kier molecular flexibility index (Phi) is 4.09. The summed E-state index contributed by atoms with van der Waals surface area (Å²) in [4.78, 5) is 34.8. The predicted octanol–water partition coefficient (Wildman–Crippen LogP) is 2.37. The molecule has 0 aromatic heterocycles. The van der Waals surface area contributed by atoms with Crippen LogP contribution in [0.4, 0.5) is 0 Å². The Hall–Kier alpha value is -1.45. The van der Waals surface area contributed by atoms with E-state index in [1.165, 1.54) is 0 Å². The van der Waals surface area contributed by atoms with E-state index in [2.05, 4.69) is 0 Å². The third kappa shape index (κ3) is 3.28. The third-order valence-corrected chi connectivity index (χ3v) is 3.30. The number of carboxylic acid groups (broad SMARTS) is 1. The van der Waals surface area contributed by atoms with Crippen molar-refractivity contribution in [3.05, 3.63) is 11.1 Å². The Morgan fingerprint density at radius 1 is 1.28 bits per heavy atom. The number of carbonyl (C=O) groups is 3. The van der Waals surface area contributed by atoms with E-state index in [9.17, 15) is 14.4 Å². The summed E-state index contributed by atoms with van der Waals surface area (Å²) in [6.45, 7) is 7.06. The summed E-state index contributed by atoms with van der Waals surface area (Å²) >= 11 is 0. The number of carboxylic acids is 1. The standard InChI is InChI=1S/C14H20O4/c1-8(5-9(2)13(17)18)12-10(15)6-14(3,4)7-11(12)16/h9H,5-7H2,1-4H3,(H,17,18)/t9-/m1/s1. The molecule has 100 valence electrons. The lowest BCUT2D eigenvalue weighted by molar-refractivity contribution is -0.141. The normalized spacial score (nSPS) is 20.8. The van der Waals surface area contributed by atoms with Crippen molar-refractivity contribution in [2.24, 2.45) is 11.3 Å². The monoisotopic (exact) mass is 252 g/mol. The highest BCUT2D eigenvalue weighted by atomic mass is 16.4. The maximum absolute atomic E-state index is 12.0. The van der Waals surface area contributed by atoms with Crippen LogP contribution >= 0.6 is 0 Å². The van der Waals surface area contributed by atoms with Gasteiger partial charge in [-0.2, -0.15) is 0 Å². The van der Waals surface area contributed by atoms with Crippen molar-refractivity contribution in [2.45, 2.75) is 47.0 Å². The minimum absolute atomic E-state index is 0.147. The molecule has 0 bridgehead atoms. The molecule has 0 aromatic rings. The lowest BCUT2D eigenvalue weighted by Gasteiger charge is -2.29. The molecule has 0 aliphatic heterocycles. The van der Waals surface area contributed by atoms with Crippen LogP contribution in [0.5, 0.6) is 0 Å². The van der Waals surface area contributed by atoms with Gasteiger partial charge in [0.15, 0.2) is 11.6 Å². The molecule has 0 spiro atoms. The molecule has 1 N–H and O–H groups in total. The van der Waals surface area contributed by atoms with Crippen LogP contribution in [0.15, 0.2) is 11.1 Å². The average molecular weight is 252 g/mol. The zero-order valence-corrected chi connectivity index (χ0v) is 11.4. The van der Waals surface area contributed by atoms with Crippen LogP contribution in [0.2, 0.25) is 0 Å². The van der Waals surface area contributed by atoms with Gasteiger partial charge in [0.25, 0.3) is 0 Å². The van der Waals surface area contributed by atoms with Gasteiger partial charge in [0.05, 0.1) is 11.5 Å². The molecule has 0 radical (unpaired) electrons. The highest BCUT2D eigenvalue weighted by Gasteiger charge is 2.36. The first-order chi connectivity index (χ1) is 8.14. The van der Waals surface area contributed by atoms with Crippen molar-refractivity contribution in [2.75, 3.05) is 0 Å². The Morgan fingerprint density at radius 3 is 2.11 bits per heavy atom. The van der Waals surface area contributed by atoms with Crippen LogP contribution in [0.1, 0.15) is 47.0 Å². The van der Waals surface area contributed by atoms with Crippen molar-refractivity contribution in [1.29, 1.82) is 0 Å². The van der Waals surface area contributed by atoms with E-state index in [0.29, 0.717) is 18.4 Å². The number of allylic oxidation sites excluding steroid dienone is 2. The van der Waals surface area contributed by atoms with Gasteiger partial charge in [0, 0.05) is 12.8 Å². The van der Waals surface area contributed by atoms with E-state index in [-0.39, 0.29) is 29.0 Å². The Balaban J connectivity index is 2.97. The number of rotatable bonds is 3. The first kappa shape index (κ1) is 14.6. The summed E-state index contributed by atoms with van der Waals surface area (Å²) in [6, 6.07) is 0. The van der Waals surface area contributed by atoms with Gasteiger partial charge < -0.3 is 5.11 Å². The van der Waals surface area contributed by atoms with Crippen LogP contribution in [0, 0.1) is 11.3 Å². The molecule has 4 nitrogen and oxygen atoms in total. The predicted molar refractivity (Wildman–Crippen MR) is 67.1 cm³/mol. The Labute approximate surface area is 107 Å². The van der Waals surface area contributed by atoms with Gasteiger partial charge in [-0.1, -0.05) is 26.3 Å². The van der Waals surface area contributed by atoms with Crippen LogP contribution in [0.3, 0.4) is 0 Å². The summed E-state index contributed by atoms with van der Waals surface area (Å²) < 4.78 is 0. The zero-order chi connectivity index (χ0) is 14.1. The minimum Gasteiger partial charge on any atom is -0.481 e. The highest BCUT2D eigenvalue weighted by molar-refractivity contribution is 6.22. The number of Topliss-reactive ketones (excluding diaryl/α,β-unsaturated/α-hetero) is 2. The summed E-state index contributed by atoms with van der Waals surface area (Å²) in [6.07, 6.45) is 0.961. The molecule has 0 heterocycles. The summed E-state index contributed by atoms with van der Waals surface area (Å²) in [5, 5.41) is 8.85. The molecule has 18 heavy (non-hydrogen) atoms. The number of carbonyl (C=O) groups excluding carboxylic acids is 2. The fourth-order valence-corrected chi connectivity index (χ4v) is 2.39. The maximum Gasteiger partial charge on any atom is 0.306 e. The lowest BCUT2D eigenvalue weighted by atomic mass is 9.72. The largest absolute Gasteiger partial charge is 0.481 e. The van der Waals surface area contributed by atoms with Crippen LogP contribution in [-0.2, 0) is 14.4 Å². The Bertz CT molecular complexity index is 407. The van der Waals surface area contributed by atoms with E-state index in [0.717, 1.165) is 0 Å². The highest BCUT2D eigenvalue weighted by Crippen LogP contribution is 2.35. The zero-order valence-electron chi connectivity index (χ0n) is 11.4. The van der Waals surface area contributed by atoms with Gasteiger partial charge in [0.2, 0.25) is 0 Å². The molecule has 1 aliphatic carbocycles. The molecule has 0 unspecified atom stereocenters. The number of aliphatic carboxylic acids is 1. The number of hydrogen-bond donors (Lipinski definition) is 1. The molecule has 1 aliphatic rings. The second-order valence-corrected chi connectivity index (χ2v) is 5.96. The average Bonchev–Trinajstić information content (AvgIpc) is 2.13. The van der Waals surface area contributed by atoms with Gasteiger partial charge in [-0.3, -0.25) is 14.4 Å². The van der Waals surface area contributed by atoms with Crippen LogP contribution in [0.25, 0.3) is 0 Å². The lowest BCUT2D eigenvalue weighted by Crippen LogP contribution is -2.32. The van der Waals surface area contributed by atoms with E-state index in [4.69, 9.17) is 5.11 Å². The van der Waals surface area contributed by atoms with E-state index in [1.54, 1.807) is 13.8 Å². The molecule has 0 aromatic carbocycles. The molecule has 0 saturated heterocycles. The second-order valence-electron chi connectivity index (χ2n) is 5.96. The maximum atomic E-state index is 12.0. The number of hydrogen-bond acceptors (Lipinski definition) is 3. The minimum atomic E-state index is -0.911. The molecule has 1 fully saturated rings. The van der Waals surface area contributed by atoms with Crippen molar-refractivity contribution in [3.63, 3.8) is 0 Å².